The van der Waals surface area contributed by atoms with Gasteiger partial charge in [-0.15, -0.1) is 0 Å². The zero-order chi connectivity index (χ0) is 15.2. The molecule has 21 heavy (non-hydrogen) atoms. The zero-order valence-electron chi connectivity index (χ0n) is 11.5. The van der Waals surface area contributed by atoms with E-state index in [-0.39, 0.29) is 17.3 Å². The lowest BCUT2D eigenvalue weighted by atomic mass is 9.69. The molecule has 0 atom stereocenters. The number of nitrogens with one attached hydrogen (secondary N) is 1. The van der Waals surface area contributed by atoms with E-state index < -0.39 is 17.2 Å². The molecule has 1 N–H and O–H groups in total. The van der Waals surface area contributed by atoms with Crippen molar-refractivity contribution in [2.45, 2.75) is 31.1 Å². The normalized spacial score (nSPS) is 19.3. The second-order valence-electron chi connectivity index (χ2n) is 5.44. The molecular weight excluding hydrogens is 277 g/mol. The zero-order valence-corrected chi connectivity index (χ0v) is 11.5. The molecule has 6 heteroatoms. The molecule has 1 amide bonds. The standard InChI is InChI=1S/C15H14FNO4/c1-21-13(19)9-6-10-12(7-11(9)16)17-14(20)15(10)4-2-8(18)3-5-15/h6-7H,2-5H2,1H3,(H,17,20). The van der Waals surface area contributed by atoms with Crippen LogP contribution in [0.15, 0.2) is 12.1 Å². The SMILES string of the molecule is COC(=O)c1cc2c(cc1F)NC(=O)C21CCC(=O)CC1. The first-order valence-corrected chi connectivity index (χ1v) is 6.73. The minimum absolute atomic E-state index is 0.122. The van der Waals surface area contributed by atoms with Crippen molar-refractivity contribution in [3.63, 3.8) is 0 Å². The Bertz CT molecular complexity index is 658. The molecule has 1 aromatic carbocycles. The largest absolute Gasteiger partial charge is 0.465 e. The molecule has 110 valence electrons. The van der Waals surface area contributed by atoms with Gasteiger partial charge in [0, 0.05) is 18.5 Å². The molecule has 1 aliphatic carbocycles. The van der Waals surface area contributed by atoms with Gasteiger partial charge >= 0.3 is 5.97 Å². The lowest BCUT2D eigenvalue weighted by molar-refractivity contribution is -0.126. The van der Waals surface area contributed by atoms with Crippen molar-refractivity contribution >= 4 is 23.3 Å². The highest BCUT2D eigenvalue weighted by atomic mass is 19.1. The van der Waals surface area contributed by atoms with Gasteiger partial charge in [0.05, 0.1) is 18.1 Å². The molecule has 0 saturated heterocycles. The summed E-state index contributed by atoms with van der Waals surface area (Å²) in [4.78, 5) is 35.4. The van der Waals surface area contributed by atoms with Crippen molar-refractivity contribution < 1.29 is 23.5 Å². The maximum absolute atomic E-state index is 13.9. The third-order valence-electron chi connectivity index (χ3n) is 4.37. The van der Waals surface area contributed by atoms with Gasteiger partial charge in [-0.25, -0.2) is 9.18 Å². The van der Waals surface area contributed by atoms with Crippen LogP contribution in [-0.4, -0.2) is 24.8 Å². The molecule has 3 rings (SSSR count). The highest BCUT2D eigenvalue weighted by molar-refractivity contribution is 6.08. The number of amides is 1. The summed E-state index contributed by atoms with van der Waals surface area (Å²) in [5.41, 5.74) is -0.0648. The van der Waals surface area contributed by atoms with E-state index in [9.17, 15) is 18.8 Å². The lowest BCUT2D eigenvalue weighted by Gasteiger charge is -2.30. The summed E-state index contributed by atoms with van der Waals surface area (Å²) >= 11 is 0. The topological polar surface area (TPSA) is 72.5 Å². The molecule has 1 heterocycles. The first-order valence-electron chi connectivity index (χ1n) is 6.73. The number of anilines is 1. The molecular formula is C15H14FNO4. The van der Waals surface area contributed by atoms with E-state index in [2.05, 4.69) is 10.1 Å². The Morgan fingerprint density at radius 1 is 1.29 bits per heavy atom. The molecule has 1 fully saturated rings. The van der Waals surface area contributed by atoms with E-state index in [4.69, 9.17) is 0 Å². The Morgan fingerprint density at radius 3 is 2.57 bits per heavy atom. The number of esters is 1. The van der Waals surface area contributed by atoms with Gasteiger partial charge in [-0.2, -0.15) is 0 Å². The maximum atomic E-state index is 13.9. The fourth-order valence-corrected chi connectivity index (χ4v) is 3.16. The second kappa shape index (κ2) is 4.65. The second-order valence-corrected chi connectivity index (χ2v) is 5.44. The number of carbonyl (C=O) groups is 3. The number of methoxy groups -OCH3 is 1. The molecule has 0 radical (unpaired) electrons. The molecule has 1 spiro atoms. The van der Waals surface area contributed by atoms with Gasteiger partial charge in [-0.3, -0.25) is 9.59 Å². The maximum Gasteiger partial charge on any atom is 0.340 e. The Labute approximate surface area is 120 Å². The van der Waals surface area contributed by atoms with E-state index in [1.807, 2.05) is 0 Å². The van der Waals surface area contributed by atoms with Crippen LogP contribution < -0.4 is 5.32 Å². The summed E-state index contributed by atoms with van der Waals surface area (Å²) in [5.74, 6) is -1.62. The van der Waals surface area contributed by atoms with Crippen LogP contribution in [0.5, 0.6) is 0 Å². The van der Waals surface area contributed by atoms with Crippen molar-refractivity contribution in [2.75, 3.05) is 12.4 Å². The van der Waals surface area contributed by atoms with Crippen molar-refractivity contribution in [2.24, 2.45) is 0 Å². The summed E-state index contributed by atoms with van der Waals surface area (Å²) in [7, 11) is 1.17. The van der Waals surface area contributed by atoms with Crippen molar-refractivity contribution in [3.05, 3.63) is 29.1 Å². The molecule has 1 saturated carbocycles. The average Bonchev–Trinajstić information content (AvgIpc) is 2.72. The van der Waals surface area contributed by atoms with Crippen molar-refractivity contribution in [1.82, 2.24) is 0 Å². The summed E-state index contributed by atoms with van der Waals surface area (Å²) in [6, 6.07) is 2.52. The molecule has 0 unspecified atom stereocenters. The highest BCUT2D eigenvalue weighted by Crippen LogP contribution is 2.47. The van der Waals surface area contributed by atoms with Crippen LogP contribution in [0.2, 0.25) is 0 Å². The Balaban J connectivity index is 2.11. The quantitative estimate of drug-likeness (QED) is 0.803. The smallest absolute Gasteiger partial charge is 0.340 e. The number of fused-ring (bicyclic) bond motifs is 2. The van der Waals surface area contributed by atoms with Crippen LogP contribution >= 0.6 is 0 Å². The van der Waals surface area contributed by atoms with Gasteiger partial charge in [0.2, 0.25) is 5.91 Å². The van der Waals surface area contributed by atoms with Gasteiger partial charge in [-0.05, 0) is 30.5 Å². The van der Waals surface area contributed by atoms with Gasteiger partial charge in [0.25, 0.3) is 0 Å². The highest BCUT2D eigenvalue weighted by Gasteiger charge is 2.49. The lowest BCUT2D eigenvalue weighted by Crippen LogP contribution is -2.38. The van der Waals surface area contributed by atoms with E-state index in [0.29, 0.717) is 36.9 Å². The van der Waals surface area contributed by atoms with Crippen LogP contribution in [0.25, 0.3) is 0 Å². The van der Waals surface area contributed by atoms with E-state index in [0.717, 1.165) is 6.07 Å². The number of carbonyl (C=O) groups excluding carboxylic acids is 3. The number of ketones is 1. The van der Waals surface area contributed by atoms with Gasteiger partial charge < -0.3 is 10.1 Å². The number of ether oxygens (including phenoxy) is 1. The Hall–Kier alpha value is -2.24. The van der Waals surface area contributed by atoms with E-state index >= 15 is 0 Å². The minimum atomic E-state index is -0.834. The summed E-state index contributed by atoms with van der Waals surface area (Å²) in [5, 5.41) is 2.66. The van der Waals surface area contributed by atoms with Crippen LogP contribution in [-0.2, 0) is 19.7 Å². The van der Waals surface area contributed by atoms with Crippen LogP contribution in [0.4, 0.5) is 10.1 Å². The van der Waals surface area contributed by atoms with E-state index in [1.54, 1.807) is 0 Å². The van der Waals surface area contributed by atoms with E-state index in [1.165, 1.54) is 13.2 Å². The predicted molar refractivity (Wildman–Crippen MR) is 71.5 cm³/mol. The average molecular weight is 291 g/mol. The number of hydrogen-bond donors (Lipinski definition) is 1. The predicted octanol–water partition coefficient (Wildman–Crippen LogP) is 1.95. The summed E-state index contributed by atoms with van der Waals surface area (Å²) in [6.07, 6.45) is 1.41. The van der Waals surface area contributed by atoms with Crippen molar-refractivity contribution in [3.8, 4) is 0 Å². The number of rotatable bonds is 1. The first-order chi connectivity index (χ1) is 9.98. The molecule has 1 aromatic rings. The van der Waals surface area contributed by atoms with Gasteiger partial charge in [0.15, 0.2) is 0 Å². The van der Waals surface area contributed by atoms with Crippen molar-refractivity contribution in [1.29, 1.82) is 0 Å². The fourth-order valence-electron chi connectivity index (χ4n) is 3.16. The van der Waals surface area contributed by atoms with Crippen LogP contribution in [0.3, 0.4) is 0 Å². The number of benzene rings is 1. The monoisotopic (exact) mass is 291 g/mol. The van der Waals surface area contributed by atoms with Crippen LogP contribution in [0, 0.1) is 5.82 Å². The number of Topliss-reactive ketones (excluding diaryl/α,β-unsaturated/α-hetero) is 1. The van der Waals surface area contributed by atoms with Gasteiger partial charge in [0.1, 0.15) is 11.6 Å². The van der Waals surface area contributed by atoms with Crippen LogP contribution in [0.1, 0.15) is 41.6 Å². The fraction of sp³-hybridized carbons (Fsp3) is 0.400. The molecule has 5 nitrogen and oxygen atoms in total. The molecule has 2 aliphatic rings. The molecule has 0 bridgehead atoms. The number of halogens is 1. The Kier molecular flexibility index (Phi) is 3.04. The minimum Gasteiger partial charge on any atom is -0.465 e. The third kappa shape index (κ3) is 1.93. The summed E-state index contributed by atoms with van der Waals surface area (Å²) < 4.78 is 18.5. The first kappa shape index (κ1) is 13.7. The van der Waals surface area contributed by atoms with Gasteiger partial charge in [-0.1, -0.05) is 0 Å². The number of hydrogen-bond acceptors (Lipinski definition) is 4. The third-order valence-corrected chi connectivity index (χ3v) is 4.37. The molecule has 0 aromatic heterocycles. The molecule has 1 aliphatic heterocycles. The Morgan fingerprint density at radius 2 is 1.95 bits per heavy atom. The summed E-state index contributed by atoms with van der Waals surface area (Å²) in [6.45, 7) is 0.